The van der Waals surface area contributed by atoms with Gasteiger partial charge in [0.2, 0.25) is 6.29 Å². The summed E-state index contributed by atoms with van der Waals surface area (Å²) in [5.74, 6) is 0.390. The Hall–Kier alpha value is -1.60. The van der Waals surface area contributed by atoms with Crippen molar-refractivity contribution in [3.05, 3.63) is 35.9 Å². The number of ether oxygens (including phenoxy) is 4. The van der Waals surface area contributed by atoms with E-state index < -0.39 is 55.3 Å². The number of hydrogen-bond acceptors (Lipinski definition) is 10. The number of benzene rings is 1. The van der Waals surface area contributed by atoms with Crippen LogP contribution in [0, 0.1) is 0 Å². The standard InChI is InChI=1S/C20H28O10/c1-2-4-10-5-3-6-11(7-10)29-20-18(26)16(24)15(23)13(30-20)9-28-19-17(25)14(22)12(21)8-27-19/h2-7,12-26H,8-9H2,1H3/b4-2-/t12-,13+,14-,15+,16-,17+,18+,19-,20+/m0/s1. The molecule has 0 aromatic heterocycles. The van der Waals surface area contributed by atoms with Crippen molar-refractivity contribution in [1.82, 2.24) is 0 Å². The SMILES string of the molecule is C/C=C\c1cccc(O[C@@H]2O[C@H](CO[C@@H]3OC[C@H](O)[C@H](O)[C@H]3O)[C@@H](O)[C@H](O)[C@H]2O)c1. The van der Waals surface area contributed by atoms with Crippen molar-refractivity contribution in [3.8, 4) is 5.75 Å². The van der Waals surface area contributed by atoms with E-state index in [-0.39, 0.29) is 13.2 Å². The lowest BCUT2D eigenvalue weighted by atomic mass is 9.99. The van der Waals surface area contributed by atoms with Crippen molar-refractivity contribution in [2.75, 3.05) is 13.2 Å². The van der Waals surface area contributed by atoms with Crippen molar-refractivity contribution in [3.63, 3.8) is 0 Å². The fourth-order valence-electron chi connectivity index (χ4n) is 3.29. The van der Waals surface area contributed by atoms with Gasteiger partial charge in [0.1, 0.15) is 48.5 Å². The zero-order valence-electron chi connectivity index (χ0n) is 16.4. The van der Waals surface area contributed by atoms with Crippen LogP contribution in [0.25, 0.3) is 6.08 Å². The maximum Gasteiger partial charge on any atom is 0.229 e. The van der Waals surface area contributed by atoms with E-state index in [1.165, 1.54) is 0 Å². The number of aliphatic hydroxyl groups is 6. The lowest BCUT2D eigenvalue weighted by Gasteiger charge is -2.41. The van der Waals surface area contributed by atoms with Crippen LogP contribution in [-0.4, -0.2) is 99.2 Å². The quantitative estimate of drug-likeness (QED) is 0.310. The summed E-state index contributed by atoms with van der Waals surface area (Å²) in [7, 11) is 0. The highest BCUT2D eigenvalue weighted by Crippen LogP contribution is 2.26. The molecule has 3 rings (SSSR count). The van der Waals surface area contributed by atoms with Crippen molar-refractivity contribution in [1.29, 1.82) is 0 Å². The minimum absolute atomic E-state index is 0.243. The molecule has 2 aliphatic heterocycles. The summed E-state index contributed by atoms with van der Waals surface area (Å²) in [6, 6.07) is 7.00. The molecule has 2 heterocycles. The molecule has 6 N–H and O–H groups in total. The molecule has 0 unspecified atom stereocenters. The normalized spacial score (nSPS) is 39.9. The molecule has 10 heteroatoms. The van der Waals surface area contributed by atoms with Crippen LogP contribution in [0.5, 0.6) is 5.75 Å². The monoisotopic (exact) mass is 428 g/mol. The predicted octanol–water partition coefficient (Wildman–Crippen LogP) is -1.64. The van der Waals surface area contributed by atoms with E-state index in [4.69, 9.17) is 18.9 Å². The van der Waals surface area contributed by atoms with Crippen LogP contribution in [0.3, 0.4) is 0 Å². The molecule has 2 aliphatic rings. The molecular weight excluding hydrogens is 400 g/mol. The first-order valence-corrected chi connectivity index (χ1v) is 9.68. The summed E-state index contributed by atoms with van der Waals surface area (Å²) < 4.78 is 21.8. The minimum Gasteiger partial charge on any atom is -0.462 e. The molecule has 30 heavy (non-hydrogen) atoms. The second kappa shape index (κ2) is 10.1. The highest BCUT2D eigenvalue weighted by Gasteiger charge is 2.46. The second-order valence-corrected chi connectivity index (χ2v) is 7.29. The summed E-state index contributed by atoms with van der Waals surface area (Å²) in [6.07, 6.45) is -8.74. The van der Waals surface area contributed by atoms with Crippen LogP contribution in [-0.2, 0) is 14.2 Å². The van der Waals surface area contributed by atoms with Crippen molar-refractivity contribution < 1.29 is 49.6 Å². The van der Waals surface area contributed by atoms with Gasteiger partial charge in [-0.2, -0.15) is 0 Å². The molecule has 168 valence electrons. The Morgan fingerprint density at radius 3 is 2.43 bits per heavy atom. The first-order chi connectivity index (χ1) is 14.3. The Labute approximate surface area is 173 Å². The van der Waals surface area contributed by atoms with Gasteiger partial charge in [0.15, 0.2) is 6.29 Å². The maximum absolute atomic E-state index is 10.2. The van der Waals surface area contributed by atoms with Crippen LogP contribution < -0.4 is 4.74 Å². The van der Waals surface area contributed by atoms with Crippen LogP contribution >= 0.6 is 0 Å². The summed E-state index contributed by atoms with van der Waals surface area (Å²) in [5.41, 5.74) is 0.866. The van der Waals surface area contributed by atoms with Crippen LogP contribution in [0.4, 0.5) is 0 Å². The summed E-state index contributed by atoms with van der Waals surface area (Å²) in [5, 5.41) is 59.8. The zero-order chi connectivity index (χ0) is 21.8. The van der Waals surface area contributed by atoms with E-state index in [0.717, 1.165) is 5.56 Å². The van der Waals surface area contributed by atoms with Crippen molar-refractivity contribution in [2.45, 2.75) is 62.2 Å². The highest BCUT2D eigenvalue weighted by molar-refractivity contribution is 5.51. The fraction of sp³-hybridized carbons (Fsp3) is 0.600. The Morgan fingerprint density at radius 1 is 0.967 bits per heavy atom. The van der Waals surface area contributed by atoms with Crippen LogP contribution in [0.1, 0.15) is 12.5 Å². The van der Waals surface area contributed by atoms with Crippen LogP contribution in [0.15, 0.2) is 30.3 Å². The van der Waals surface area contributed by atoms with Gasteiger partial charge in [-0.1, -0.05) is 24.3 Å². The lowest BCUT2D eigenvalue weighted by molar-refractivity contribution is -0.307. The van der Waals surface area contributed by atoms with E-state index >= 15 is 0 Å². The highest BCUT2D eigenvalue weighted by atomic mass is 16.7. The van der Waals surface area contributed by atoms with Crippen molar-refractivity contribution >= 4 is 6.08 Å². The Morgan fingerprint density at radius 2 is 1.70 bits per heavy atom. The number of aliphatic hydroxyl groups excluding tert-OH is 6. The molecule has 2 saturated heterocycles. The van der Waals surface area contributed by atoms with Crippen molar-refractivity contribution in [2.24, 2.45) is 0 Å². The summed E-state index contributed by atoms with van der Waals surface area (Å²) in [4.78, 5) is 0. The van der Waals surface area contributed by atoms with E-state index in [1.807, 2.05) is 25.1 Å². The molecule has 0 bridgehead atoms. The van der Waals surface area contributed by atoms with Gasteiger partial charge < -0.3 is 49.6 Å². The van der Waals surface area contributed by atoms with Gasteiger partial charge in [0, 0.05) is 0 Å². The molecule has 0 aliphatic carbocycles. The summed E-state index contributed by atoms with van der Waals surface area (Å²) >= 11 is 0. The number of allylic oxidation sites excluding steroid dienone is 1. The number of rotatable bonds is 6. The molecule has 0 radical (unpaired) electrons. The summed E-state index contributed by atoms with van der Waals surface area (Å²) in [6.45, 7) is 1.29. The van der Waals surface area contributed by atoms with Gasteiger partial charge in [-0.15, -0.1) is 0 Å². The topological polar surface area (TPSA) is 158 Å². The molecule has 0 spiro atoms. The van der Waals surface area contributed by atoms with Gasteiger partial charge in [-0.05, 0) is 24.6 Å². The van der Waals surface area contributed by atoms with E-state index in [2.05, 4.69) is 0 Å². The molecule has 1 aromatic rings. The fourth-order valence-corrected chi connectivity index (χ4v) is 3.29. The molecule has 1 aromatic carbocycles. The Kier molecular flexibility index (Phi) is 7.80. The van der Waals surface area contributed by atoms with Gasteiger partial charge in [-0.3, -0.25) is 0 Å². The average Bonchev–Trinajstić information content (AvgIpc) is 2.73. The lowest BCUT2D eigenvalue weighted by Crippen LogP contribution is -2.61. The van der Waals surface area contributed by atoms with Gasteiger partial charge in [-0.25, -0.2) is 0 Å². The third kappa shape index (κ3) is 5.17. The molecule has 2 fully saturated rings. The Bertz CT molecular complexity index is 713. The Balaban J connectivity index is 1.63. The predicted molar refractivity (Wildman–Crippen MR) is 102 cm³/mol. The van der Waals surface area contributed by atoms with E-state index in [9.17, 15) is 30.6 Å². The van der Waals surface area contributed by atoms with E-state index in [1.54, 1.807) is 18.2 Å². The van der Waals surface area contributed by atoms with Gasteiger partial charge in [0.05, 0.1) is 13.2 Å². The molecule has 10 nitrogen and oxygen atoms in total. The second-order valence-electron chi connectivity index (χ2n) is 7.29. The zero-order valence-corrected chi connectivity index (χ0v) is 16.4. The third-order valence-corrected chi connectivity index (χ3v) is 5.02. The molecule has 0 amide bonds. The average molecular weight is 428 g/mol. The first-order valence-electron chi connectivity index (χ1n) is 9.68. The first kappa shape index (κ1) is 23.1. The van der Waals surface area contributed by atoms with Gasteiger partial charge >= 0.3 is 0 Å². The van der Waals surface area contributed by atoms with Gasteiger partial charge in [0.25, 0.3) is 0 Å². The van der Waals surface area contributed by atoms with Crippen LogP contribution in [0.2, 0.25) is 0 Å². The van der Waals surface area contributed by atoms with E-state index in [0.29, 0.717) is 5.75 Å². The molecule has 9 atom stereocenters. The maximum atomic E-state index is 10.2. The molecule has 0 saturated carbocycles. The molecular formula is C20H28O10. The number of hydrogen-bond donors (Lipinski definition) is 6. The minimum atomic E-state index is -1.57. The largest absolute Gasteiger partial charge is 0.462 e. The third-order valence-electron chi connectivity index (χ3n) is 5.02. The smallest absolute Gasteiger partial charge is 0.229 e.